The number of aliphatic hydroxyl groups is 1. The number of amidine groups is 1. The molecule has 0 atom stereocenters. The number of carbonyl (C=O) groups is 1. The van der Waals surface area contributed by atoms with E-state index >= 15 is 0 Å². The number of aliphatic hydroxyl groups excluding tert-OH is 1. The number of rotatable bonds is 11. The number of nitrogens with one attached hydrogen (secondary N) is 1. The highest BCUT2D eigenvalue weighted by Crippen LogP contribution is 2.29. The lowest BCUT2D eigenvalue weighted by Crippen LogP contribution is -2.34. The van der Waals surface area contributed by atoms with Crippen molar-refractivity contribution in [2.45, 2.75) is 24.7 Å². The number of benzene rings is 1. The average Bonchev–Trinajstić information content (AvgIpc) is 2.88. The standard InChI is InChI=1S/C19H28N4O6S/c1-3-29-23(8-4-9-24)19(25)15-11-14-5-6-16(13-17(14)22-18(20)12-15)30(26,27)21-7-10-28-2/h5-6,11,13,21,24H,3-4,7-10,12H2,1-2H3,(H2,20,22). The van der Waals surface area contributed by atoms with Crippen molar-refractivity contribution in [3.8, 4) is 0 Å². The molecule has 1 aliphatic heterocycles. The summed E-state index contributed by atoms with van der Waals surface area (Å²) in [5, 5.41) is 10.2. The zero-order valence-electron chi connectivity index (χ0n) is 17.1. The van der Waals surface area contributed by atoms with Crippen molar-refractivity contribution in [3.05, 3.63) is 29.3 Å². The molecule has 0 aliphatic carbocycles. The Hall–Kier alpha value is -2.31. The predicted molar refractivity (Wildman–Crippen MR) is 112 cm³/mol. The van der Waals surface area contributed by atoms with Gasteiger partial charge in [-0.1, -0.05) is 6.07 Å². The molecular formula is C19H28N4O6S. The molecule has 30 heavy (non-hydrogen) atoms. The van der Waals surface area contributed by atoms with Crippen LogP contribution in [0.2, 0.25) is 0 Å². The molecule has 0 saturated heterocycles. The first kappa shape index (κ1) is 24.0. The number of sulfonamides is 1. The highest BCUT2D eigenvalue weighted by molar-refractivity contribution is 7.89. The summed E-state index contributed by atoms with van der Waals surface area (Å²) in [5.74, 6) is -0.205. The second-order valence-corrected chi connectivity index (χ2v) is 8.23. The maximum atomic E-state index is 12.9. The molecule has 0 aromatic heterocycles. The molecule has 0 bridgehead atoms. The Bertz CT molecular complexity index is 914. The van der Waals surface area contributed by atoms with E-state index in [0.717, 1.165) is 0 Å². The molecule has 166 valence electrons. The number of methoxy groups -OCH3 is 1. The van der Waals surface area contributed by atoms with E-state index in [-0.39, 0.29) is 49.4 Å². The Morgan fingerprint density at radius 2 is 2.17 bits per heavy atom. The minimum atomic E-state index is -3.74. The number of hydrogen-bond acceptors (Lipinski definition) is 8. The van der Waals surface area contributed by atoms with Gasteiger partial charge in [0.1, 0.15) is 5.84 Å². The van der Waals surface area contributed by atoms with Crippen molar-refractivity contribution in [2.75, 3.05) is 40.0 Å². The fourth-order valence-corrected chi connectivity index (χ4v) is 3.82. The summed E-state index contributed by atoms with van der Waals surface area (Å²) < 4.78 is 32.2. The van der Waals surface area contributed by atoms with Crippen molar-refractivity contribution in [3.63, 3.8) is 0 Å². The van der Waals surface area contributed by atoms with Crippen molar-refractivity contribution in [1.82, 2.24) is 9.79 Å². The van der Waals surface area contributed by atoms with Crippen molar-refractivity contribution >= 4 is 33.5 Å². The van der Waals surface area contributed by atoms with Gasteiger partial charge >= 0.3 is 0 Å². The van der Waals surface area contributed by atoms with Gasteiger partial charge in [0.05, 0.1) is 30.3 Å². The third-order valence-corrected chi connectivity index (χ3v) is 5.64. The van der Waals surface area contributed by atoms with Gasteiger partial charge in [0, 0.05) is 37.8 Å². The Morgan fingerprint density at radius 3 is 2.83 bits per heavy atom. The predicted octanol–water partition coefficient (Wildman–Crippen LogP) is 0.550. The molecule has 0 spiro atoms. The van der Waals surface area contributed by atoms with E-state index in [1.807, 2.05) is 0 Å². The van der Waals surface area contributed by atoms with E-state index in [4.69, 9.17) is 20.4 Å². The van der Waals surface area contributed by atoms with E-state index < -0.39 is 10.0 Å². The molecule has 1 amide bonds. The lowest BCUT2D eigenvalue weighted by molar-refractivity contribution is -0.181. The molecule has 10 nitrogen and oxygen atoms in total. The molecule has 0 saturated carbocycles. The fourth-order valence-electron chi connectivity index (χ4n) is 2.79. The van der Waals surface area contributed by atoms with Crippen LogP contribution in [-0.4, -0.2) is 70.4 Å². The zero-order chi connectivity index (χ0) is 22.1. The number of aliphatic imine (C=N–C) groups is 1. The summed E-state index contributed by atoms with van der Waals surface area (Å²) in [6.07, 6.45) is 2.08. The van der Waals surface area contributed by atoms with Crippen LogP contribution in [0.3, 0.4) is 0 Å². The first-order valence-electron chi connectivity index (χ1n) is 9.54. The van der Waals surface area contributed by atoms with E-state index in [9.17, 15) is 13.2 Å². The second kappa shape index (κ2) is 11.2. The van der Waals surface area contributed by atoms with Crippen LogP contribution in [0.25, 0.3) is 6.08 Å². The van der Waals surface area contributed by atoms with Crippen LogP contribution in [-0.2, 0) is 24.4 Å². The van der Waals surface area contributed by atoms with Crippen LogP contribution in [0.15, 0.2) is 33.7 Å². The largest absolute Gasteiger partial charge is 0.396 e. The molecule has 0 radical (unpaired) electrons. The first-order chi connectivity index (χ1) is 14.3. The first-order valence-corrected chi connectivity index (χ1v) is 11.0. The number of nitrogens with two attached hydrogens (primary N) is 1. The van der Waals surface area contributed by atoms with E-state index in [2.05, 4.69) is 9.71 Å². The third kappa shape index (κ3) is 6.34. The Kier molecular flexibility index (Phi) is 8.93. The molecular weight excluding hydrogens is 412 g/mol. The maximum absolute atomic E-state index is 12.9. The monoisotopic (exact) mass is 440 g/mol. The van der Waals surface area contributed by atoms with Gasteiger partial charge in [-0.2, -0.15) is 0 Å². The van der Waals surface area contributed by atoms with Crippen molar-refractivity contribution in [2.24, 2.45) is 10.7 Å². The number of amides is 1. The highest BCUT2D eigenvalue weighted by Gasteiger charge is 2.23. The van der Waals surface area contributed by atoms with E-state index in [0.29, 0.717) is 29.9 Å². The van der Waals surface area contributed by atoms with Crippen LogP contribution in [0.5, 0.6) is 0 Å². The van der Waals surface area contributed by atoms with Crippen LogP contribution in [0, 0.1) is 0 Å². The Labute approximate surface area is 176 Å². The number of hydroxylamine groups is 2. The molecule has 4 N–H and O–H groups in total. The van der Waals surface area contributed by atoms with Crippen LogP contribution >= 0.6 is 0 Å². The number of carbonyl (C=O) groups excluding carboxylic acids is 1. The zero-order valence-corrected chi connectivity index (χ0v) is 17.9. The van der Waals surface area contributed by atoms with E-state index in [1.165, 1.54) is 24.3 Å². The topological polar surface area (TPSA) is 144 Å². The molecule has 2 rings (SSSR count). The smallest absolute Gasteiger partial charge is 0.273 e. The summed E-state index contributed by atoms with van der Waals surface area (Å²) in [5.41, 5.74) is 7.26. The number of hydrogen-bond donors (Lipinski definition) is 3. The molecule has 1 aromatic rings. The summed E-state index contributed by atoms with van der Waals surface area (Å²) >= 11 is 0. The van der Waals surface area contributed by atoms with Gasteiger partial charge in [-0.25, -0.2) is 23.2 Å². The lowest BCUT2D eigenvalue weighted by atomic mass is 10.1. The molecule has 1 aliphatic rings. The summed E-state index contributed by atoms with van der Waals surface area (Å²) in [7, 11) is -2.25. The van der Waals surface area contributed by atoms with Gasteiger partial charge < -0.3 is 15.6 Å². The van der Waals surface area contributed by atoms with Gasteiger partial charge in [-0.3, -0.25) is 9.63 Å². The molecule has 0 unspecified atom stereocenters. The maximum Gasteiger partial charge on any atom is 0.273 e. The minimum absolute atomic E-state index is 0.0379. The molecule has 0 fully saturated rings. The average molecular weight is 441 g/mol. The van der Waals surface area contributed by atoms with Gasteiger partial charge in [0.25, 0.3) is 5.91 Å². The minimum Gasteiger partial charge on any atom is -0.396 e. The van der Waals surface area contributed by atoms with Gasteiger partial charge in [-0.15, -0.1) is 0 Å². The number of nitrogens with zero attached hydrogens (tertiary/aromatic N) is 2. The Balaban J connectivity index is 2.34. The SMILES string of the molecule is CCON(CCCO)C(=O)C1=Cc2ccc(S(=O)(=O)NCCOC)cc2N=C(N)C1. The second-order valence-electron chi connectivity index (χ2n) is 6.46. The number of ether oxygens (including phenoxy) is 1. The summed E-state index contributed by atoms with van der Waals surface area (Å²) in [4.78, 5) is 22.6. The van der Waals surface area contributed by atoms with Crippen LogP contribution in [0.4, 0.5) is 5.69 Å². The summed E-state index contributed by atoms with van der Waals surface area (Å²) in [6, 6.07) is 4.43. The fraction of sp³-hybridized carbons (Fsp3) is 0.474. The lowest BCUT2D eigenvalue weighted by Gasteiger charge is -2.22. The van der Waals surface area contributed by atoms with E-state index in [1.54, 1.807) is 19.1 Å². The van der Waals surface area contributed by atoms with Gasteiger partial charge in [0.2, 0.25) is 10.0 Å². The van der Waals surface area contributed by atoms with Gasteiger partial charge in [0.15, 0.2) is 0 Å². The number of fused-ring (bicyclic) bond motifs is 1. The molecule has 1 aromatic carbocycles. The van der Waals surface area contributed by atoms with Crippen LogP contribution < -0.4 is 10.5 Å². The summed E-state index contributed by atoms with van der Waals surface area (Å²) in [6.45, 7) is 2.60. The Morgan fingerprint density at radius 1 is 1.40 bits per heavy atom. The molecule has 1 heterocycles. The highest BCUT2D eigenvalue weighted by atomic mass is 32.2. The third-order valence-electron chi connectivity index (χ3n) is 4.18. The quantitative estimate of drug-likeness (QED) is 0.337. The molecule has 11 heteroatoms. The normalized spacial score (nSPS) is 13.8. The van der Waals surface area contributed by atoms with Crippen LogP contribution in [0.1, 0.15) is 25.3 Å². The van der Waals surface area contributed by atoms with Gasteiger partial charge in [-0.05, 0) is 31.6 Å². The van der Waals surface area contributed by atoms with Crippen molar-refractivity contribution in [1.29, 1.82) is 0 Å². The van der Waals surface area contributed by atoms with Crippen molar-refractivity contribution < 1.29 is 27.9 Å².